The molecule has 6 heteroatoms. The van der Waals surface area contributed by atoms with Gasteiger partial charge in [-0.05, 0) is 36.5 Å². The van der Waals surface area contributed by atoms with Gasteiger partial charge in [0.1, 0.15) is 4.88 Å². The fourth-order valence-electron chi connectivity index (χ4n) is 1.75. The summed E-state index contributed by atoms with van der Waals surface area (Å²) >= 11 is 4.66. The van der Waals surface area contributed by atoms with E-state index in [0.29, 0.717) is 11.3 Å². The number of hydrogen-bond donors (Lipinski definition) is 1. The van der Waals surface area contributed by atoms with Crippen LogP contribution in [-0.2, 0) is 6.42 Å². The van der Waals surface area contributed by atoms with Gasteiger partial charge in [-0.2, -0.15) is 0 Å². The van der Waals surface area contributed by atoms with Crippen LogP contribution in [0.2, 0.25) is 0 Å². The van der Waals surface area contributed by atoms with Crippen LogP contribution in [0, 0.1) is 0 Å². The summed E-state index contributed by atoms with van der Waals surface area (Å²) in [6.07, 6.45) is 0.704. The molecule has 1 amide bonds. The van der Waals surface area contributed by atoms with Gasteiger partial charge in [-0.25, -0.2) is 0 Å². The van der Waals surface area contributed by atoms with E-state index in [4.69, 9.17) is 0 Å². The smallest absolute Gasteiger partial charge is 0.269 e. The first-order chi connectivity index (χ1) is 9.13. The molecule has 0 aliphatic rings. The lowest BCUT2D eigenvalue weighted by Gasteiger charge is -2.12. The van der Waals surface area contributed by atoms with Crippen molar-refractivity contribution in [3.8, 4) is 0 Å². The Balaban J connectivity index is 2.24. The van der Waals surface area contributed by atoms with E-state index in [0.717, 1.165) is 28.5 Å². The summed E-state index contributed by atoms with van der Waals surface area (Å²) in [5, 5.41) is 6.88. The summed E-state index contributed by atoms with van der Waals surface area (Å²) in [5.41, 5.74) is 2.60. The molecule has 0 aliphatic heterocycles. The number of rotatable bonds is 4. The first-order valence-corrected chi connectivity index (χ1v) is 7.68. The molecule has 0 saturated heterocycles. The minimum Gasteiger partial charge on any atom is -0.321 e. The lowest BCUT2D eigenvalue weighted by Crippen LogP contribution is -2.13. The SMILES string of the molecule is CCc1nnsc1C(=O)Nc1ccccc1C(C)Br. The Labute approximate surface area is 124 Å². The molecule has 2 rings (SSSR count). The van der Waals surface area contributed by atoms with Crippen molar-refractivity contribution in [2.75, 3.05) is 5.32 Å². The standard InChI is InChI=1S/C13H14BrN3OS/c1-3-10-12(19-17-16-10)13(18)15-11-7-5-4-6-9(11)8(2)14/h4-8H,3H2,1-2H3,(H,15,18). The Morgan fingerprint density at radius 1 is 1.47 bits per heavy atom. The van der Waals surface area contributed by atoms with E-state index in [1.165, 1.54) is 0 Å². The van der Waals surface area contributed by atoms with Crippen LogP contribution in [0.15, 0.2) is 24.3 Å². The molecule has 0 spiro atoms. The third-order valence-electron chi connectivity index (χ3n) is 2.73. The van der Waals surface area contributed by atoms with E-state index in [-0.39, 0.29) is 10.7 Å². The molecule has 1 atom stereocenters. The first kappa shape index (κ1) is 14.1. The van der Waals surface area contributed by atoms with Gasteiger partial charge in [-0.3, -0.25) is 4.79 Å². The number of nitrogens with one attached hydrogen (secondary N) is 1. The molecule has 0 saturated carbocycles. The second-order valence-electron chi connectivity index (χ2n) is 4.06. The highest BCUT2D eigenvalue weighted by molar-refractivity contribution is 9.09. The van der Waals surface area contributed by atoms with E-state index < -0.39 is 0 Å². The van der Waals surface area contributed by atoms with Crippen molar-refractivity contribution in [2.45, 2.75) is 25.1 Å². The molecule has 100 valence electrons. The maximum atomic E-state index is 12.2. The first-order valence-electron chi connectivity index (χ1n) is 5.99. The molecule has 1 aromatic carbocycles. The minimum absolute atomic E-state index is 0.146. The number of hydrogen-bond acceptors (Lipinski definition) is 4. The molecule has 0 aliphatic carbocycles. The van der Waals surface area contributed by atoms with Crippen LogP contribution < -0.4 is 5.32 Å². The monoisotopic (exact) mass is 339 g/mol. The number of halogens is 1. The van der Waals surface area contributed by atoms with Crippen LogP contribution in [0.5, 0.6) is 0 Å². The van der Waals surface area contributed by atoms with Gasteiger partial charge in [0.2, 0.25) is 0 Å². The molecule has 1 unspecified atom stereocenters. The van der Waals surface area contributed by atoms with E-state index >= 15 is 0 Å². The van der Waals surface area contributed by atoms with Gasteiger partial charge in [0, 0.05) is 10.5 Å². The van der Waals surface area contributed by atoms with Crippen molar-refractivity contribution in [1.82, 2.24) is 9.59 Å². The number of amides is 1. The summed E-state index contributed by atoms with van der Waals surface area (Å²) in [5.74, 6) is -0.146. The molecule has 0 radical (unpaired) electrons. The minimum atomic E-state index is -0.146. The molecule has 4 nitrogen and oxygen atoms in total. The maximum Gasteiger partial charge on any atom is 0.269 e. The number of benzene rings is 1. The fourth-order valence-corrected chi connectivity index (χ4v) is 2.79. The third kappa shape index (κ3) is 3.19. The van der Waals surface area contributed by atoms with Gasteiger partial charge in [-0.1, -0.05) is 45.5 Å². The predicted octanol–water partition coefficient (Wildman–Crippen LogP) is 3.81. The van der Waals surface area contributed by atoms with Crippen molar-refractivity contribution < 1.29 is 4.79 Å². The van der Waals surface area contributed by atoms with E-state index in [1.807, 2.05) is 38.1 Å². The maximum absolute atomic E-state index is 12.2. The van der Waals surface area contributed by atoms with E-state index in [1.54, 1.807) is 0 Å². The van der Waals surface area contributed by atoms with Gasteiger partial charge in [0.05, 0.1) is 5.69 Å². The molecule has 1 aromatic heterocycles. The summed E-state index contributed by atoms with van der Waals surface area (Å²) in [7, 11) is 0. The number of carbonyl (C=O) groups excluding carboxylic acids is 1. The van der Waals surface area contributed by atoms with Crippen LogP contribution in [0.4, 0.5) is 5.69 Å². The Morgan fingerprint density at radius 2 is 2.21 bits per heavy atom. The van der Waals surface area contributed by atoms with Crippen molar-refractivity contribution in [3.63, 3.8) is 0 Å². The number of anilines is 1. The molecule has 2 aromatic rings. The Hall–Kier alpha value is -1.27. The van der Waals surface area contributed by atoms with Crippen LogP contribution in [0.1, 0.15) is 39.6 Å². The van der Waals surface area contributed by atoms with Crippen LogP contribution >= 0.6 is 27.5 Å². The topological polar surface area (TPSA) is 54.9 Å². The summed E-state index contributed by atoms with van der Waals surface area (Å²) in [4.78, 5) is 13.0. The predicted molar refractivity (Wildman–Crippen MR) is 81.0 cm³/mol. The lowest BCUT2D eigenvalue weighted by atomic mass is 10.1. The summed E-state index contributed by atoms with van der Waals surface area (Å²) < 4.78 is 3.83. The third-order valence-corrected chi connectivity index (χ3v) is 3.99. The van der Waals surface area contributed by atoms with E-state index in [2.05, 4.69) is 30.8 Å². The Bertz CT molecular complexity index is 583. The van der Waals surface area contributed by atoms with Gasteiger partial charge in [-0.15, -0.1) is 5.10 Å². The molecule has 1 N–H and O–H groups in total. The lowest BCUT2D eigenvalue weighted by molar-refractivity contribution is 0.102. The van der Waals surface area contributed by atoms with Crippen molar-refractivity contribution in [3.05, 3.63) is 40.4 Å². The molecular weight excluding hydrogens is 326 g/mol. The van der Waals surface area contributed by atoms with Gasteiger partial charge in [0.15, 0.2) is 0 Å². The van der Waals surface area contributed by atoms with Gasteiger partial charge < -0.3 is 5.32 Å². The molecule has 1 heterocycles. The van der Waals surface area contributed by atoms with Crippen molar-refractivity contribution in [1.29, 1.82) is 0 Å². The largest absolute Gasteiger partial charge is 0.321 e. The van der Waals surface area contributed by atoms with Crippen molar-refractivity contribution >= 4 is 39.1 Å². The molecule has 19 heavy (non-hydrogen) atoms. The zero-order valence-electron chi connectivity index (χ0n) is 10.7. The number of para-hydroxylation sites is 1. The number of aryl methyl sites for hydroxylation is 1. The molecule has 0 fully saturated rings. The summed E-state index contributed by atoms with van der Waals surface area (Å²) in [6.45, 7) is 3.98. The Morgan fingerprint density at radius 3 is 2.89 bits per heavy atom. The average Bonchev–Trinajstić information content (AvgIpc) is 2.87. The van der Waals surface area contributed by atoms with Crippen LogP contribution in [0.3, 0.4) is 0 Å². The highest BCUT2D eigenvalue weighted by Crippen LogP contribution is 2.29. The van der Waals surface area contributed by atoms with E-state index in [9.17, 15) is 4.79 Å². The van der Waals surface area contributed by atoms with Crippen LogP contribution in [0.25, 0.3) is 0 Å². The van der Waals surface area contributed by atoms with Crippen LogP contribution in [-0.4, -0.2) is 15.5 Å². The average molecular weight is 340 g/mol. The second kappa shape index (κ2) is 6.25. The normalized spacial score (nSPS) is 12.2. The number of nitrogens with zero attached hydrogens (tertiary/aromatic N) is 2. The zero-order valence-corrected chi connectivity index (χ0v) is 13.1. The zero-order chi connectivity index (χ0) is 13.8. The highest BCUT2D eigenvalue weighted by atomic mass is 79.9. The number of carbonyl (C=O) groups is 1. The molecular formula is C13H14BrN3OS. The second-order valence-corrected chi connectivity index (χ2v) is 6.19. The number of aromatic nitrogens is 2. The summed E-state index contributed by atoms with van der Waals surface area (Å²) in [6, 6.07) is 7.74. The molecule has 0 bridgehead atoms. The fraction of sp³-hybridized carbons (Fsp3) is 0.308. The van der Waals surface area contributed by atoms with Gasteiger partial charge in [0.25, 0.3) is 5.91 Å². The Kier molecular flexibility index (Phi) is 4.66. The highest BCUT2D eigenvalue weighted by Gasteiger charge is 2.17. The van der Waals surface area contributed by atoms with Crippen molar-refractivity contribution in [2.24, 2.45) is 0 Å². The van der Waals surface area contributed by atoms with Gasteiger partial charge >= 0.3 is 0 Å². The number of alkyl halides is 1. The quantitative estimate of drug-likeness (QED) is 0.861.